The first-order chi connectivity index (χ1) is 7.72. The Morgan fingerprint density at radius 1 is 1.53 bits per heavy atom. The van der Waals surface area contributed by atoms with Crippen LogP contribution in [0, 0.1) is 18.3 Å². The number of aryl methyl sites for hydroxylation is 1. The molecule has 0 aliphatic heterocycles. The largest absolute Gasteiger partial charge is 0.315 e. The van der Waals surface area contributed by atoms with E-state index in [1.54, 1.807) is 6.92 Å². The van der Waals surface area contributed by atoms with Crippen molar-refractivity contribution in [1.29, 1.82) is 0 Å². The van der Waals surface area contributed by atoms with Crippen molar-refractivity contribution in [1.82, 2.24) is 9.71 Å². The van der Waals surface area contributed by atoms with E-state index < -0.39 is 10.0 Å². The van der Waals surface area contributed by atoms with Crippen molar-refractivity contribution in [3.05, 3.63) is 15.4 Å². The van der Waals surface area contributed by atoms with E-state index in [1.807, 2.05) is 0 Å². The molecule has 1 aliphatic rings. The maximum absolute atomic E-state index is 12.0. The summed E-state index contributed by atoms with van der Waals surface area (Å²) < 4.78 is 26.6. The van der Waals surface area contributed by atoms with Crippen molar-refractivity contribution in [2.45, 2.75) is 31.4 Å². The molecule has 1 atom stereocenters. The Kier molecular flexibility index (Phi) is 2.95. The van der Waals surface area contributed by atoms with Crippen molar-refractivity contribution >= 4 is 21.4 Å². The first-order valence-electron chi connectivity index (χ1n) is 5.42. The van der Waals surface area contributed by atoms with Crippen LogP contribution in [0.15, 0.2) is 9.00 Å². The van der Waals surface area contributed by atoms with Crippen molar-refractivity contribution in [3.63, 3.8) is 0 Å². The van der Waals surface area contributed by atoms with E-state index in [0.717, 1.165) is 17.8 Å². The van der Waals surface area contributed by atoms with Crippen molar-refractivity contribution in [3.8, 4) is 0 Å². The number of rotatable bonds is 4. The van der Waals surface area contributed by atoms with Crippen molar-refractivity contribution in [2.24, 2.45) is 11.3 Å². The molecule has 0 saturated heterocycles. The molecule has 5 nitrogen and oxygen atoms in total. The highest BCUT2D eigenvalue weighted by Gasteiger charge is 2.45. The van der Waals surface area contributed by atoms with Crippen LogP contribution in [0.1, 0.15) is 26.0 Å². The SMILES string of the molecule is Cc1[nH]c(=O)sc1S(=O)(=O)NCC1CC1(C)C. The van der Waals surface area contributed by atoms with Crippen LogP contribution < -0.4 is 9.60 Å². The van der Waals surface area contributed by atoms with E-state index in [-0.39, 0.29) is 14.5 Å². The fourth-order valence-electron chi connectivity index (χ4n) is 1.85. The number of H-pyrrole nitrogens is 1. The van der Waals surface area contributed by atoms with Gasteiger partial charge in [0.1, 0.15) is 0 Å². The molecule has 0 amide bonds. The third kappa shape index (κ3) is 2.61. The summed E-state index contributed by atoms with van der Waals surface area (Å²) in [5.41, 5.74) is 0.644. The normalized spacial score (nSPS) is 22.6. The van der Waals surface area contributed by atoms with Gasteiger partial charge in [-0.25, -0.2) is 13.1 Å². The van der Waals surface area contributed by atoms with Gasteiger partial charge in [-0.2, -0.15) is 0 Å². The Balaban J connectivity index is 2.10. The summed E-state index contributed by atoms with van der Waals surface area (Å²) in [5, 5.41) is 0. The van der Waals surface area contributed by atoms with Gasteiger partial charge in [0, 0.05) is 12.2 Å². The summed E-state index contributed by atoms with van der Waals surface area (Å²) in [5.74, 6) is 0.397. The quantitative estimate of drug-likeness (QED) is 0.863. The first kappa shape index (κ1) is 12.8. The smallest absolute Gasteiger partial charge is 0.305 e. The molecule has 0 spiro atoms. The highest BCUT2D eigenvalue weighted by atomic mass is 32.2. The number of aromatic nitrogens is 1. The Bertz CT molecular complexity index is 583. The number of nitrogens with one attached hydrogen (secondary N) is 2. The Morgan fingerprint density at radius 2 is 2.12 bits per heavy atom. The third-order valence-corrected chi connectivity index (χ3v) is 6.29. The van der Waals surface area contributed by atoms with Gasteiger partial charge in [0.25, 0.3) is 10.0 Å². The summed E-state index contributed by atoms with van der Waals surface area (Å²) in [7, 11) is -3.54. The molecule has 1 aliphatic carbocycles. The lowest BCUT2D eigenvalue weighted by atomic mass is 10.1. The number of hydrogen-bond donors (Lipinski definition) is 2. The van der Waals surface area contributed by atoms with Gasteiger partial charge in [-0.1, -0.05) is 25.2 Å². The molecule has 1 aromatic rings. The van der Waals surface area contributed by atoms with Crippen LogP contribution in [-0.2, 0) is 10.0 Å². The molecular formula is C10H16N2O3S2. The predicted octanol–water partition coefficient (Wildman–Crippen LogP) is 1.07. The number of hydrogen-bond acceptors (Lipinski definition) is 4. The molecule has 17 heavy (non-hydrogen) atoms. The van der Waals surface area contributed by atoms with Crippen LogP contribution in [0.4, 0.5) is 0 Å². The maximum Gasteiger partial charge on any atom is 0.305 e. The Hall–Kier alpha value is -0.660. The minimum atomic E-state index is -3.54. The topological polar surface area (TPSA) is 79.0 Å². The molecular weight excluding hydrogens is 260 g/mol. The fourth-order valence-corrected chi connectivity index (χ4v) is 4.27. The molecule has 1 unspecified atom stereocenters. The van der Waals surface area contributed by atoms with Gasteiger partial charge in [0.05, 0.1) is 0 Å². The maximum atomic E-state index is 12.0. The molecule has 1 aromatic heterocycles. The standard InChI is InChI=1S/C10H16N2O3S2/c1-6-8(16-9(13)12-6)17(14,15)11-5-7-4-10(7,2)3/h7,11H,4-5H2,1-3H3,(H,12,13). The highest BCUT2D eigenvalue weighted by Crippen LogP contribution is 2.51. The van der Waals surface area contributed by atoms with Gasteiger partial charge < -0.3 is 4.98 Å². The van der Waals surface area contributed by atoms with Crippen LogP contribution >= 0.6 is 11.3 Å². The van der Waals surface area contributed by atoms with Crippen LogP contribution in [-0.4, -0.2) is 19.9 Å². The average Bonchev–Trinajstić information content (AvgIpc) is 2.63. The summed E-state index contributed by atoms with van der Waals surface area (Å²) in [6.07, 6.45) is 1.04. The molecule has 2 N–H and O–H groups in total. The molecule has 96 valence electrons. The van der Waals surface area contributed by atoms with Gasteiger partial charge in [-0.3, -0.25) is 4.79 Å². The summed E-state index contributed by atoms with van der Waals surface area (Å²) in [6, 6.07) is 0. The van der Waals surface area contributed by atoms with Crippen LogP contribution in [0.3, 0.4) is 0 Å². The lowest BCUT2D eigenvalue weighted by Gasteiger charge is -2.06. The summed E-state index contributed by atoms with van der Waals surface area (Å²) >= 11 is 0.732. The molecule has 1 heterocycles. The number of aromatic amines is 1. The Morgan fingerprint density at radius 3 is 2.53 bits per heavy atom. The fraction of sp³-hybridized carbons (Fsp3) is 0.700. The van der Waals surface area contributed by atoms with E-state index in [2.05, 4.69) is 23.6 Å². The highest BCUT2D eigenvalue weighted by molar-refractivity contribution is 7.91. The molecule has 1 saturated carbocycles. The van der Waals surface area contributed by atoms with Gasteiger partial charge in [-0.15, -0.1) is 0 Å². The second-order valence-electron chi connectivity index (χ2n) is 5.17. The average molecular weight is 276 g/mol. The van der Waals surface area contributed by atoms with E-state index in [1.165, 1.54) is 0 Å². The molecule has 0 bridgehead atoms. The zero-order chi connectivity index (χ0) is 12.8. The summed E-state index contributed by atoms with van der Waals surface area (Å²) in [6.45, 7) is 6.27. The molecule has 1 fully saturated rings. The second-order valence-corrected chi connectivity index (χ2v) is 8.11. The van der Waals surface area contributed by atoms with Crippen molar-refractivity contribution < 1.29 is 8.42 Å². The lowest BCUT2D eigenvalue weighted by Crippen LogP contribution is -2.26. The van der Waals surface area contributed by atoms with Crippen molar-refractivity contribution in [2.75, 3.05) is 6.54 Å². The van der Waals surface area contributed by atoms with E-state index in [4.69, 9.17) is 0 Å². The molecule has 2 rings (SSSR count). The Labute approximate surface area is 104 Å². The summed E-state index contributed by atoms with van der Waals surface area (Å²) in [4.78, 5) is 13.2. The first-order valence-corrected chi connectivity index (χ1v) is 7.72. The lowest BCUT2D eigenvalue weighted by molar-refractivity contribution is 0.538. The number of sulfonamides is 1. The van der Waals surface area contributed by atoms with E-state index in [0.29, 0.717) is 18.2 Å². The number of thiazole rings is 1. The predicted molar refractivity (Wildman–Crippen MR) is 66.8 cm³/mol. The van der Waals surface area contributed by atoms with E-state index in [9.17, 15) is 13.2 Å². The van der Waals surface area contributed by atoms with Gasteiger partial charge in [0.2, 0.25) is 0 Å². The minimum absolute atomic E-state index is 0.0981. The molecule has 0 radical (unpaired) electrons. The van der Waals surface area contributed by atoms with Crippen LogP contribution in [0.5, 0.6) is 0 Å². The monoisotopic (exact) mass is 276 g/mol. The molecule has 7 heteroatoms. The second kappa shape index (κ2) is 3.93. The van der Waals surface area contributed by atoms with Gasteiger partial charge in [0.15, 0.2) is 4.21 Å². The molecule has 0 aromatic carbocycles. The van der Waals surface area contributed by atoms with Gasteiger partial charge in [-0.05, 0) is 24.7 Å². The third-order valence-electron chi connectivity index (χ3n) is 3.26. The minimum Gasteiger partial charge on any atom is -0.315 e. The van der Waals surface area contributed by atoms with E-state index >= 15 is 0 Å². The van der Waals surface area contributed by atoms with Crippen LogP contribution in [0.25, 0.3) is 0 Å². The van der Waals surface area contributed by atoms with Gasteiger partial charge >= 0.3 is 4.87 Å². The van der Waals surface area contributed by atoms with Crippen LogP contribution in [0.2, 0.25) is 0 Å². The zero-order valence-electron chi connectivity index (χ0n) is 10.0. The zero-order valence-corrected chi connectivity index (χ0v) is 11.7.